The van der Waals surface area contributed by atoms with Gasteiger partial charge < -0.3 is 21.3 Å². The Bertz CT molecular complexity index is 1220. The van der Waals surface area contributed by atoms with Crippen LogP contribution in [-0.2, 0) is 29.0 Å². The summed E-state index contributed by atoms with van der Waals surface area (Å²) >= 11 is 0. The summed E-state index contributed by atoms with van der Waals surface area (Å²) in [7, 11) is 0. The highest BCUT2D eigenvalue weighted by Crippen LogP contribution is 2.24. The molecule has 0 fully saturated rings. The van der Waals surface area contributed by atoms with Gasteiger partial charge in [-0.05, 0) is 35.6 Å². The standard InChI is InChI=1S/C27H33N5O5/c1-2-3-8-24-30-23(15-16-29-25(33)14-13-22(28)27(36)37)31-32(24)17-18-9-11-19(12-10-18)20-6-4-5-7-21(20)26(34)35/h4-7,9-12,22H,2-3,8,13-17,28H2,1H3,(H,29,33)(H,34,35)(H,36,37). The lowest BCUT2D eigenvalue weighted by atomic mass is 9.99. The number of hydrogen-bond donors (Lipinski definition) is 4. The van der Waals surface area contributed by atoms with Crippen molar-refractivity contribution < 1.29 is 24.6 Å². The molecule has 37 heavy (non-hydrogen) atoms. The van der Waals surface area contributed by atoms with Crippen molar-refractivity contribution in [2.75, 3.05) is 6.54 Å². The number of carboxylic acid groups (broad SMARTS) is 2. The minimum absolute atomic E-state index is 0.0457. The molecule has 1 unspecified atom stereocenters. The average Bonchev–Trinajstić information content (AvgIpc) is 3.27. The first-order valence-electron chi connectivity index (χ1n) is 12.4. The van der Waals surface area contributed by atoms with Crippen molar-refractivity contribution in [3.8, 4) is 11.1 Å². The predicted molar refractivity (Wildman–Crippen MR) is 138 cm³/mol. The van der Waals surface area contributed by atoms with E-state index in [-0.39, 0.29) is 24.3 Å². The lowest BCUT2D eigenvalue weighted by Crippen LogP contribution is -2.33. The number of nitrogens with one attached hydrogen (secondary N) is 1. The number of aromatic carboxylic acids is 1. The number of rotatable bonds is 14. The molecule has 10 nitrogen and oxygen atoms in total. The van der Waals surface area contributed by atoms with Gasteiger partial charge in [-0.3, -0.25) is 9.59 Å². The number of carbonyl (C=O) groups excluding carboxylic acids is 1. The number of nitrogens with zero attached hydrogens (tertiary/aromatic N) is 3. The van der Waals surface area contributed by atoms with Gasteiger partial charge in [-0.1, -0.05) is 55.8 Å². The maximum absolute atomic E-state index is 12.0. The van der Waals surface area contributed by atoms with Gasteiger partial charge in [-0.15, -0.1) is 0 Å². The molecule has 196 valence electrons. The zero-order valence-corrected chi connectivity index (χ0v) is 20.9. The van der Waals surface area contributed by atoms with Crippen LogP contribution < -0.4 is 11.1 Å². The van der Waals surface area contributed by atoms with Gasteiger partial charge in [0.15, 0.2) is 5.82 Å². The van der Waals surface area contributed by atoms with Crippen LogP contribution in [-0.4, -0.2) is 55.4 Å². The van der Waals surface area contributed by atoms with E-state index < -0.39 is 18.0 Å². The number of aryl methyl sites for hydroxylation is 1. The SMILES string of the molecule is CCCCc1nc(CCNC(=O)CCC(N)C(=O)O)nn1Cc1ccc(-c2ccccc2C(=O)O)cc1. The van der Waals surface area contributed by atoms with Crippen LogP contribution >= 0.6 is 0 Å². The molecule has 3 rings (SSSR count). The van der Waals surface area contributed by atoms with Crippen molar-refractivity contribution >= 4 is 17.8 Å². The molecule has 0 saturated carbocycles. The Morgan fingerprint density at radius 3 is 2.46 bits per heavy atom. The van der Waals surface area contributed by atoms with Crippen LogP contribution in [0.2, 0.25) is 0 Å². The minimum atomic E-state index is -1.12. The van der Waals surface area contributed by atoms with Crippen LogP contribution in [0, 0.1) is 0 Å². The van der Waals surface area contributed by atoms with Crippen LogP contribution in [0.3, 0.4) is 0 Å². The predicted octanol–water partition coefficient (Wildman–Crippen LogP) is 2.89. The molecule has 1 heterocycles. The summed E-state index contributed by atoms with van der Waals surface area (Å²) in [6.07, 6.45) is 3.36. The van der Waals surface area contributed by atoms with Crippen molar-refractivity contribution in [2.24, 2.45) is 5.73 Å². The molecule has 1 amide bonds. The van der Waals surface area contributed by atoms with Gasteiger partial charge in [0, 0.05) is 25.8 Å². The Kier molecular flexibility index (Phi) is 9.91. The highest BCUT2D eigenvalue weighted by atomic mass is 16.4. The van der Waals surface area contributed by atoms with E-state index in [4.69, 9.17) is 10.8 Å². The first-order valence-corrected chi connectivity index (χ1v) is 12.4. The summed E-state index contributed by atoms with van der Waals surface area (Å²) < 4.78 is 1.87. The maximum Gasteiger partial charge on any atom is 0.336 e. The molecule has 2 aromatic carbocycles. The zero-order valence-electron chi connectivity index (χ0n) is 20.9. The Morgan fingerprint density at radius 2 is 1.78 bits per heavy atom. The molecular formula is C27H33N5O5. The Hall–Kier alpha value is -4.05. The van der Waals surface area contributed by atoms with E-state index in [1.54, 1.807) is 18.2 Å². The van der Waals surface area contributed by atoms with E-state index in [2.05, 4.69) is 22.3 Å². The van der Waals surface area contributed by atoms with Gasteiger partial charge >= 0.3 is 11.9 Å². The fourth-order valence-electron chi connectivity index (χ4n) is 3.87. The van der Waals surface area contributed by atoms with E-state index in [9.17, 15) is 19.5 Å². The van der Waals surface area contributed by atoms with Crippen molar-refractivity contribution in [1.82, 2.24) is 20.1 Å². The van der Waals surface area contributed by atoms with Crippen LogP contribution in [0.15, 0.2) is 48.5 Å². The number of carbonyl (C=O) groups is 3. The van der Waals surface area contributed by atoms with Crippen LogP contribution in [0.5, 0.6) is 0 Å². The van der Waals surface area contributed by atoms with E-state index in [0.29, 0.717) is 30.9 Å². The minimum Gasteiger partial charge on any atom is -0.480 e. The molecular weight excluding hydrogens is 474 g/mol. The van der Waals surface area contributed by atoms with E-state index in [1.807, 2.05) is 35.0 Å². The third-order valence-electron chi connectivity index (χ3n) is 5.97. The summed E-state index contributed by atoms with van der Waals surface area (Å²) in [6, 6.07) is 13.6. The fraction of sp³-hybridized carbons (Fsp3) is 0.370. The molecule has 0 bridgehead atoms. The van der Waals surface area contributed by atoms with E-state index in [0.717, 1.165) is 36.2 Å². The lowest BCUT2D eigenvalue weighted by Gasteiger charge is -2.09. The summed E-state index contributed by atoms with van der Waals surface area (Å²) in [5.74, 6) is -0.847. The Morgan fingerprint density at radius 1 is 1.05 bits per heavy atom. The van der Waals surface area contributed by atoms with Crippen molar-refractivity contribution in [3.05, 3.63) is 71.3 Å². The summed E-state index contributed by atoms with van der Waals surface area (Å²) in [5.41, 5.74) is 8.20. The summed E-state index contributed by atoms with van der Waals surface area (Å²) in [6.45, 7) is 2.98. The number of amides is 1. The van der Waals surface area contributed by atoms with Gasteiger partial charge in [-0.2, -0.15) is 5.10 Å². The quantitative estimate of drug-likeness (QED) is 0.259. The Labute approximate surface area is 215 Å². The highest BCUT2D eigenvalue weighted by molar-refractivity contribution is 5.96. The van der Waals surface area contributed by atoms with Gasteiger partial charge in [-0.25, -0.2) is 14.5 Å². The topological polar surface area (TPSA) is 160 Å². The number of hydrogen-bond acceptors (Lipinski definition) is 6. The first-order chi connectivity index (χ1) is 17.8. The van der Waals surface area contributed by atoms with Gasteiger partial charge in [0.05, 0.1) is 12.1 Å². The normalized spacial score (nSPS) is 11.7. The molecule has 5 N–H and O–H groups in total. The third-order valence-corrected chi connectivity index (χ3v) is 5.97. The molecule has 10 heteroatoms. The molecule has 0 aliphatic carbocycles. The van der Waals surface area contributed by atoms with Gasteiger partial charge in [0.25, 0.3) is 0 Å². The zero-order chi connectivity index (χ0) is 26.8. The maximum atomic E-state index is 12.0. The molecule has 1 atom stereocenters. The number of aromatic nitrogens is 3. The number of carboxylic acids is 2. The lowest BCUT2D eigenvalue weighted by molar-refractivity contribution is -0.138. The van der Waals surface area contributed by atoms with Gasteiger partial charge in [0.2, 0.25) is 5.91 Å². The monoisotopic (exact) mass is 507 g/mol. The van der Waals surface area contributed by atoms with Crippen LogP contribution in [0.25, 0.3) is 11.1 Å². The smallest absolute Gasteiger partial charge is 0.336 e. The summed E-state index contributed by atoms with van der Waals surface area (Å²) in [4.78, 5) is 39.0. The number of benzene rings is 2. The van der Waals surface area contributed by atoms with Crippen LogP contribution in [0.4, 0.5) is 0 Å². The Balaban J connectivity index is 1.64. The molecule has 0 saturated heterocycles. The molecule has 0 aliphatic rings. The van der Waals surface area contributed by atoms with E-state index in [1.165, 1.54) is 0 Å². The number of aliphatic carboxylic acids is 1. The molecule has 0 radical (unpaired) electrons. The van der Waals surface area contributed by atoms with Crippen molar-refractivity contribution in [3.63, 3.8) is 0 Å². The second-order valence-electron chi connectivity index (χ2n) is 8.84. The molecule has 0 spiro atoms. The largest absolute Gasteiger partial charge is 0.480 e. The molecule has 3 aromatic rings. The highest BCUT2D eigenvalue weighted by Gasteiger charge is 2.15. The number of nitrogens with two attached hydrogens (primary N) is 1. The fourth-order valence-corrected chi connectivity index (χ4v) is 3.87. The van der Waals surface area contributed by atoms with Gasteiger partial charge in [0.1, 0.15) is 11.9 Å². The summed E-state index contributed by atoms with van der Waals surface area (Å²) in [5, 5.41) is 25.7. The third kappa shape index (κ3) is 7.97. The first kappa shape index (κ1) is 27.5. The van der Waals surface area contributed by atoms with Crippen molar-refractivity contribution in [1.29, 1.82) is 0 Å². The van der Waals surface area contributed by atoms with Crippen LogP contribution in [0.1, 0.15) is 60.2 Å². The van der Waals surface area contributed by atoms with Crippen molar-refractivity contribution in [2.45, 2.75) is 58.0 Å². The molecule has 1 aromatic heterocycles. The van der Waals surface area contributed by atoms with E-state index >= 15 is 0 Å². The number of unbranched alkanes of at least 4 members (excludes halogenated alkanes) is 1. The molecule has 0 aliphatic heterocycles. The second-order valence-corrected chi connectivity index (χ2v) is 8.84. The second kappa shape index (κ2) is 13.3. The average molecular weight is 508 g/mol.